The molecule has 1 aromatic rings. The van der Waals surface area contributed by atoms with E-state index in [-0.39, 0.29) is 5.75 Å². The van der Waals surface area contributed by atoms with E-state index in [2.05, 4.69) is 9.87 Å². The van der Waals surface area contributed by atoms with Crippen LogP contribution in [0.2, 0.25) is 0 Å². The number of hydrogen-bond donors (Lipinski definition) is 1. The molecular formula is C11H18N2O3S. The van der Waals surface area contributed by atoms with Gasteiger partial charge in [0.15, 0.2) is 0 Å². The van der Waals surface area contributed by atoms with Gasteiger partial charge in [0.05, 0.1) is 11.4 Å². The van der Waals surface area contributed by atoms with Crippen LogP contribution in [-0.2, 0) is 21.3 Å². The zero-order chi connectivity index (χ0) is 12.9. The molecule has 0 radical (unpaired) electrons. The van der Waals surface area contributed by atoms with Gasteiger partial charge in [-0.05, 0) is 44.9 Å². The Labute approximate surface area is 102 Å². The van der Waals surface area contributed by atoms with E-state index in [1.165, 1.54) is 0 Å². The lowest BCUT2D eigenvalue weighted by atomic mass is 10.2. The number of nitrogens with zero attached hydrogens (tertiary/aromatic N) is 1. The van der Waals surface area contributed by atoms with Crippen LogP contribution in [0.25, 0.3) is 0 Å². The number of rotatable bonds is 5. The van der Waals surface area contributed by atoms with Crippen molar-refractivity contribution in [3.63, 3.8) is 0 Å². The Morgan fingerprint density at radius 1 is 1.29 bits per heavy atom. The van der Waals surface area contributed by atoms with Crippen LogP contribution in [0.4, 0.5) is 0 Å². The molecule has 96 valence electrons. The molecule has 0 aliphatic carbocycles. The van der Waals surface area contributed by atoms with E-state index in [9.17, 15) is 8.42 Å². The van der Waals surface area contributed by atoms with E-state index < -0.39 is 15.6 Å². The third kappa shape index (κ3) is 6.35. The molecule has 17 heavy (non-hydrogen) atoms. The van der Waals surface area contributed by atoms with Gasteiger partial charge in [0.25, 0.3) is 0 Å². The maximum Gasteiger partial charge on any atom is 0.233 e. The van der Waals surface area contributed by atoms with Crippen molar-refractivity contribution >= 4 is 10.0 Å². The first-order valence-electron chi connectivity index (χ1n) is 5.35. The number of pyridine rings is 1. The largest absolute Gasteiger partial charge is 0.281 e. The van der Waals surface area contributed by atoms with Crippen LogP contribution < -0.4 is 4.89 Å². The molecule has 6 heteroatoms. The molecule has 0 atom stereocenters. The highest BCUT2D eigenvalue weighted by Crippen LogP contribution is 2.06. The van der Waals surface area contributed by atoms with E-state index in [0.29, 0.717) is 6.42 Å². The van der Waals surface area contributed by atoms with Gasteiger partial charge in [0.1, 0.15) is 0 Å². The Balaban J connectivity index is 2.46. The van der Waals surface area contributed by atoms with E-state index >= 15 is 0 Å². The predicted octanol–water partition coefficient (Wildman–Crippen LogP) is 1.27. The highest BCUT2D eigenvalue weighted by atomic mass is 32.2. The molecule has 5 nitrogen and oxygen atoms in total. The number of sulfonamides is 1. The molecule has 1 rings (SSSR count). The molecule has 0 aliphatic rings. The van der Waals surface area contributed by atoms with Crippen molar-refractivity contribution in [2.24, 2.45) is 0 Å². The molecular weight excluding hydrogens is 240 g/mol. The summed E-state index contributed by atoms with van der Waals surface area (Å²) in [7, 11) is -3.41. The fourth-order valence-electron chi connectivity index (χ4n) is 1.03. The molecule has 1 N–H and O–H groups in total. The summed E-state index contributed by atoms with van der Waals surface area (Å²) in [6.45, 7) is 5.33. The minimum Gasteiger partial charge on any atom is -0.281 e. The molecule has 0 saturated heterocycles. The van der Waals surface area contributed by atoms with Gasteiger partial charge in [-0.25, -0.2) is 8.42 Å². The molecule has 1 heterocycles. The fraction of sp³-hybridized carbons (Fsp3) is 0.545. The molecule has 0 aromatic carbocycles. The monoisotopic (exact) mass is 258 g/mol. The van der Waals surface area contributed by atoms with Crippen molar-refractivity contribution in [3.05, 3.63) is 30.1 Å². The van der Waals surface area contributed by atoms with Crippen LogP contribution in [0.1, 0.15) is 26.3 Å². The first kappa shape index (κ1) is 14.1. The quantitative estimate of drug-likeness (QED) is 0.808. The van der Waals surface area contributed by atoms with Crippen LogP contribution in [0.15, 0.2) is 24.5 Å². The topological polar surface area (TPSA) is 68.3 Å². The average Bonchev–Trinajstić information content (AvgIpc) is 2.25. The minimum atomic E-state index is -3.41. The Bertz CT molecular complexity index is 438. The number of hydrogen-bond acceptors (Lipinski definition) is 4. The highest BCUT2D eigenvalue weighted by molar-refractivity contribution is 7.89. The third-order valence-corrected chi connectivity index (χ3v) is 2.96. The standard InChI is InChI=1S/C11H18N2O3S/c1-11(2,3)16-13-17(14,15)9-6-10-4-7-12-8-5-10/h4-5,7-8,13H,6,9H2,1-3H3. The molecule has 0 saturated carbocycles. The van der Waals surface area contributed by atoms with Crippen molar-refractivity contribution in [3.8, 4) is 0 Å². The van der Waals surface area contributed by atoms with Gasteiger partial charge in [0, 0.05) is 12.4 Å². The van der Waals surface area contributed by atoms with Gasteiger partial charge >= 0.3 is 0 Å². The summed E-state index contributed by atoms with van der Waals surface area (Å²) in [4.78, 5) is 11.0. The number of aromatic nitrogens is 1. The van der Waals surface area contributed by atoms with Crippen molar-refractivity contribution in [2.45, 2.75) is 32.8 Å². The Kier molecular flexibility index (Phi) is 4.62. The Hall–Kier alpha value is -0.980. The third-order valence-electron chi connectivity index (χ3n) is 1.88. The molecule has 0 spiro atoms. The predicted molar refractivity (Wildman–Crippen MR) is 65.7 cm³/mol. The van der Waals surface area contributed by atoms with Gasteiger partial charge in [-0.15, -0.1) is 0 Å². The molecule has 0 unspecified atom stereocenters. The molecule has 0 bridgehead atoms. The van der Waals surface area contributed by atoms with Crippen molar-refractivity contribution in [2.75, 3.05) is 5.75 Å². The maximum atomic E-state index is 11.6. The van der Waals surface area contributed by atoms with Crippen molar-refractivity contribution in [1.82, 2.24) is 9.87 Å². The van der Waals surface area contributed by atoms with E-state index in [1.807, 2.05) is 0 Å². The summed E-state index contributed by atoms with van der Waals surface area (Å²) < 4.78 is 23.2. The first-order valence-corrected chi connectivity index (χ1v) is 7.00. The van der Waals surface area contributed by atoms with Gasteiger partial charge in [-0.3, -0.25) is 9.82 Å². The SMILES string of the molecule is CC(C)(C)ONS(=O)(=O)CCc1ccncc1. The second kappa shape index (κ2) is 5.57. The zero-order valence-electron chi connectivity index (χ0n) is 10.3. The van der Waals surface area contributed by atoms with Crippen LogP contribution in [-0.4, -0.2) is 24.8 Å². The van der Waals surface area contributed by atoms with Crippen molar-refractivity contribution in [1.29, 1.82) is 0 Å². The van der Waals surface area contributed by atoms with E-state index in [1.54, 1.807) is 45.3 Å². The summed E-state index contributed by atoms with van der Waals surface area (Å²) in [5, 5.41) is 0. The number of nitrogens with one attached hydrogen (secondary N) is 1. The van der Waals surface area contributed by atoms with Crippen LogP contribution >= 0.6 is 0 Å². The Morgan fingerprint density at radius 3 is 2.41 bits per heavy atom. The normalized spacial score (nSPS) is 12.6. The minimum absolute atomic E-state index is 0.00685. The van der Waals surface area contributed by atoms with Gasteiger partial charge < -0.3 is 0 Å². The lowest BCUT2D eigenvalue weighted by Crippen LogP contribution is -2.35. The average molecular weight is 258 g/mol. The zero-order valence-corrected chi connectivity index (χ0v) is 11.1. The van der Waals surface area contributed by atoms with Gasteiger partial charge in [-0.1, -0.05) is 4.89 Å². The molecule has 0 amide bonds. The second-order valence-corrected chi connectivity index (χ2v) is 6.53. The Morgan fingerprint density at radius 2 is 1.88 bits per heavy atom. The summed E-state index contributed by atoms with van der Waals surface area (Å²) >= 11 is 0. The smallest absolute Gasteiger partial charge is 0.233 e. The van der Waals surface area contributed by atoms with Crippen LogP contribution in [0.5, 0.6) is 0 Å². The van der Waals surface area contributed by atoms with Crippen molar-refractivity contribution < 1.29 is 13.3 Å². The maximum absolute atomic E-state index is 11.6. The summed E-state index contributed by atoms with van der Waals surface area (Å²) in [6, 6.07) is 3.58. The lowest BCUT2D eigenvalue weighted by molar-refractivity contribution is -0.0357. The molecule has 0 fully saturated rings. The van der Waals surface area contributed by atoms with Crippen LogP contribution in [0, 0.1) is 0 Å². The highest BCUT2D eigenvalue weighted by Gasteiger charge is 2.16. The molecule has 1 aromatic heterocycles. The van der Waals surface area contributed by atoms with E-state index in [0.717, 1.165) is 5.56 Å². The molecule has 0 aliphatic heterocycles. The lowest BCUT2D eigenvalue weighted by Gasteiger charge is -2.19. The van der Waals surface area contributed by atoms with Gasteiger partial charge in [0.2, 0.25) is 10.0 Å². The number of aryl methyl sites for hydroxylation is 1. The van der Waals surface area contributed by atoms with E-state index in [4.69, 9.17) is 4.84 Å². The summed E-state index contributed by atoms with van der Waals surface area (Å²) in [6.07, 6.45) is 3.72. The summed E-state index contributed by atoms with van der Waals surface area (Å²) in [5.41, 5.74) is 0.394. The second-order valence-electron chi connectivity index (χ2n) is 4.72. The van der Waals surface area contributed by atoms with Crippen LogP contribution in [0.3, 0.4) is 0 Å². The van der Waals surface area contributed by atoms with Gasteiger partial charge in [-0.2, -0.15) is 0 Å². The first-order chi connectivity index (χ1) is 7.79. The fourth-order valence-corrected chi connectivity index (χ4v) is 2.00. The summed E-state index contributed by atoms with van der Waals surface area (Å²) in [5.74, 6) is -0.00685.